The zero-order chi connectivity index (χ0) is 18.8. The Morgan fingerprint density at radius 3 is 2.81 bits per heavy atom. The van der Waals surface area contributed by atoms with Crippen molar-refractivity contribution in [1.82, 2.24) is 19.6 Å². The molecule has 0 aliphatic rings. The number of hydrogen-bond acceptors (Lipinski definition) is 8. The van der Waals surface area contributed by atoms with Crippen LogP contribution in [0.25, 0.3) is 5.65 Å². The molecule has 0 amide bonds. The largest absolute Gasteiger partial charge is 0.362 e. The average Bonchev–Trinajstić information content (AvgIpc) is 3.25. The van der Waals surface area contributed by atoms with Gasteiger partial charge in [0.15, 0.2) is 4.34 Å². The monoisotopic (exact) mass is 402 g/mol. The van der Waals surface area contributed by atoms with Gasteiger partial charge in [-0.3, -0.25) is 0 Å². The first-order valence-electron chi connectivity index (χ1n) is 7.71. The minimum atomic E-state index is -0.461. The number of benzene rings is 1. The van der Waals surface area contributed by atoms with Crippen LogP contribution >= 0.6 is 23.1 Å². The molecule has 0 saturated heterocycles. The third kappa shape index (κ3) is 3.73. The number of nitrogens with one attached hydrogen (secondary N) is 1. The van der Waals surface area contributed by atoms with Gasteiger partial charge < -0.3 is 15.4 Å². The molecule has 0 fully saturated rings. The minimum absolute atomic E-state index is 0.105. The van der Waals surface area contributed by atoms with Crippen molar-refractivity contribution >= 4 is 39.7 Å². The number of imidazole rings is 1. The Bertz CT molecular complexity index is 1110. The van der Waals surface area contributed by atoms with Crippen LogP contribution in [0.15, 0.2) is 58.0 Å². The number of rotatable bonds is 6. The van der Waals surface area contributed by atoms with Gasteiger partial charge in [0.25, 0.3) is 0 Å². The standard InChI is InChI=1S/C16H11FN6O2S2/c17-11-6-4-10(5-7-11)9-18-15-20-21-16(27-15)26-13-14(23(24)25)22-8-2-1-3-12(22)19-13/h1-8H,9H2,(H,18,20). The van der Waals surface area contributed by atoms with Gasteiger partial charge in [0.2, 0.25) is 15.8 Å². The zero-order valence-electron chi connectivity index (χ0n) is 13.6. The quantitative estimate of drug-likeness (QED) is 0.384. The van der Waals surface area contributed by atoms with Gasteiger partial charge in [0.1, 0.15) is 5.82 Å². The number of anilines is 1. The first kappa shape index (κ1) is 17.4. The van der Waals surface area contributed by atoms with Gasteiger partial charge in [-0.05, 0) is 40.4 Å². The molecular weight excluding hydrogens is 391 g/mol. The van der Waals surface area contributed by atoms with E-state index in [-0.39, 0.29) is 16.7 Å². The molecule has 0 radical (unpaired) electrons. The van der Waals surface area contributed by atoms with E-state index >= 15 is 0 Å². The number of halogens is 1. The fourth-order valence-electron chi connectivity index (χ4n) is 2.38. The molecule has 3 heterocycles. The summed E-state index contributed by atoms with van der Waals surface area (Å²) in [5.41, 5.74) is 1.39. The van der Waals surface area contributed by atoms with Crippen molar-refractivity contribution in [3.8, 4) is 0 Å². The molecule has 1 aromatic carbocycles. The first-order chi connectivity index (χ1) is 13.1. The van der Waals surface area contributed by atoms with Gasteiger partial charge in [-0.2, -0.15) is 9.38 Å². The van der Waals surface area contributed by atoms with Crippen molar-refractivity contribution in [2.45, 2.75) is 15.9 Å². The number of nitrogens with zero attached hydrogens (tertiary/aromatic N) is 5. The van der Waals surface area contributed by atoms with Crippen molar-refractivity contribution in [2.75, 3.05) is 5.32 Å². The molecule has 0 spiro atoms. The summed E-state index contributed by atoms with van der Waals surface area (Å²) in [4.78, 5) is 15.3. The van der Waals surface area contributed by atoms with E-state index in [2.05, 4.69) is 20.5 Å². The molecule has 11 heteroatoms. The van der Waals surface area contributed by atoms with Crippen LogP contribution in [-0.4, -0.2) is 24.5 Å². The Balaban J connectivity index is 1.51. The van der Waals surface area contributed by atoms with E-state index in [4.69, 9.17) is 0 Å². The summed E-state index contributed by atoms with van der Waals surface area (Å²) in [5, 5.41) is 23.4. The van der Waals surface area contributed by atoms with Crippen molar-refractivity contribution < 1.29 is 9.31 Å². The van der Waals surface area contributed by atoms with Crippen LogP contribution in [0.1, 0.15) is 5.56 Å². The summed E-state index contributed by atoms with van der Waals surface area (Å²) >= 11 is 2.36. The highest BCUT2D eigenvalue weighted by atomic mass is 32.2. The second kappa shape index (κ2) is 7.29. The predicted molar refractivity (Wildman–Crippen MR) is 99.6 cm³/mol. The van der Waals surface area contributed by atoms with Crippen molar-refractivity contribution in [1.29, 1.82) is 0 Å². The van der Waals surface area contributed by atoms with Crippen LogP contribution in [0, 0.1) is 15.9 Å². The van der Waals surface area contributed by atoms with Gasteiger partial charge >= 0.3 is 5.82 Å². The molecule has 0 unspecified atom stereocenters. The third-order valence-corrected chi connectivity index (χ3v) is 5.49. The smallest absolute Gasteiger partial charge is 0.358 e. The van der Waals surface area contributed by atoms with Crippen molar-refractivity contribution in [3.05, 3.63) is 70.2 Å². The first-order valence-corrected chi connectivity index (χ1v) is 9.34. The second-order valence-electron chi connectivity index (χ2n) is 5.38. The maximum Gasteiger partial charge on any atom is 0.362 e. The Morgan fingerprint density at radius 1 is 1.22 bits per heavy atom. The molecule has 0 bridgehead atoms. The average molecular weight is 402 g/mol. The molecule has 0 aliphatic carbocycles. The summed E-state index contributed by atoms with van der Waals surface area (Å²) in [6, 6.07) is 11.3. The van der Waals surface area contributed by atoms with Crippen molar-refractivity contribution in [2.24, 2.45) is 0 Å². The van der Waals surface area contributed by atoms with Crippen LogP contribution in [0.2, 0.25) is 0 Å². The van der Waals surface area contributed by atoms with Gasteiger partial charge in [-0.15, -0.1) is 10.2 Å². The highest BCUT2D eigenvalue weighted by Gasteiger charge is 2.24. The lowest BCUT2D eigenvalue weighted by atomic mass is 10.2. The normalized spacial score (nSPS) is 11.0. The second-order valence-corrected chi connectivity index (χ2v) is 7.60. The summed E-state index contributed by atoms with van der Waals surface area (Å²) in [7, 11) is 0. The van der Waals surface area contributed by atoms with Crippen molar-refractivity contribution in [3.63, 3.8) is 0 Å². The Morgan fingerprint density at radius 2 is 2.04 bits per heavy atom. The van der Waals surface area contributed by atoms with E-state index in [0.29, 0.717) is 21.7 Å². The number of aromatic nitrogens is 4. The van der Waals surface area contributed by atoms with Gasteiger partial charge in [-0.25, -0.2) is 4.39 Å². The van der Waals surface area contributed by atoms with E-state index in [1.54, 1.807) is 36.5 Å². The fourth-order valence-corrected chi connectivity index (χ4v) is 4.14. The summed E-state index contributed by atoms with van der Waals surface area (Å²) in [5.74, 6) is -0.394. The SMILES string of the molecule is O=[N+]([O-])c1c(Sc2nnc(NCc3ccc(F)cc3)s2)nc2ccccn12. The molecule has 0 saturated carbocycles. The van der Waals surface area contributed by atoms with Crippen LogP contribution < -0.4 is 5.32 Å². The number of pyridine rings is 1. The molecule has 4 aromatic rings. The fraction of sp³-hybridized carbons (Fsp3) is 0.0625. The molecule has 136 valence electrons. The van der Waals surface area contributed by atoms with E-state index in [1.165, 1.54) is 27.9 Å². The Labute approximate surface area is 160 Å². The molecule has 27 heavy (non-hydrogen) atoms. The molecule has 8 nitrogen and oxygen atoms in total. The van der Waals surface area contributed by atoms with Crippen LogP contribution in [0.4, 0.5) is 15.3 Å². The predicted octanol–water partition coefficient (Wildman–Crippen LogP) is 4.00. The molecular formula is C16H11FN6O2S2. The summed E-state index contributed by atoms with van der Waals surface area (Å²) < 4.78 is 14.9. The van der Waals surface area contributed by atoms with E-state index in [1.807, 2.05) is 0 Å². The lowest BCUT2D eigenvalue weighted by Crippen LogP contribution is -1.98. The van der Waals surface area contributed by atoms with Gasteiger partial charge in [-0.1, -0.05) is 29.5 Å². The lowest BCUT2D eigenvalue weighted by molar-refractivity contribution is -0.393. The molecule has 4 rings (SSSR count). The van der Waals surface area contributed by atoms with E-state index in [0.717, 1.165) is 17.3 Å². The van der Waals surface area contributed by atoms with E-state index in [9.17, 15) is 14.5 Å². The Hall–Kier alpha value is -3.05. The maximum absolute atomic E-state index is 12.9. The van der Waals surface area contributed by atoms with Gasteiger partial charge in [0, 0.05) is 12.6 Å². The molecule has 0 atom stereocenters. The highest BCUT2D eigenvalue weighted by molar-refractivity contribution is 8.01. The zero-order valence-corrected chi connectivity index (χ0v) is 15.2. The summed E-state index contributed by atoms with van der Waals surface area (Å²) in [6.07, 6.45) is 1.60. The number of fused-ring (bicyclic) bond motifs is 1. The molecule has 3 aromatic heterocycles. The van der Waals surface area contributed by atoms with E-state index < -0.39 is 4.92 Å². The van der Waals surface area contributed by atoms with Crippen LogP contribution in [-0.2, 0) is 6.54 Å². The molecule has 0 aliphatic heterocycles. The maximum atomic E-state index is 12.9. The van der Waals surface area contributed by atoms with Crippen LogP contribution in [0.3, 0.4) is 0 Å². The lowest BCUT2D eigenvalue weighted by Gasteiger charge is -2.01. The number of hydrogen-bond donors (Lipinski definition) is 1. The minimum Gasteiger partial charge on any atom is -0.358 e. The highest BCUT2D eigenvalue weighted by Crippen LogP contribution is 2.37. The van der Waals surface area contributed by atoms with Gasteiger partial charge in [0.05, 0.1) is 6.20 Å². The summed E-state index contributed by atoms with van der Waals surface area (Å²) in [6.45, 7) is 0.466. The third-order valence-electron chi connectivity index (χ3n) is 3.59. The molecule has 1 N–H and O–H groups in total. The topological polar surface area (TPSA) is 98.2 Å². The van der Waals surface area contributed by atoms with Crippen LogP contribution in [0.5, 0.6) is 0 Å². The number of nitro groups is 1. The Kier molecular flexibility index (Phi) is 4.69.